The van der Waals surface area contributed by atoms with Gasteiger partial charge in [0.05, 0.1) is 0 Å². The van der Waals surface area contributed by atoms with Crippen LogP contribution < -0.4 is 16.4 Å². The minimum absolute atomic E-state index is 0.248. The fraction of sp³-hybridized carbons (Fsp3) is 0.476. The Balaban J connectivity index is 3.06. The maximum absolute atomic E-state index is 13.1. The number of ketones is 1. The lowest BCUT2D eigenvalue weighted by Crippen LogP contribution is -2.49. The first kappa shape index (κ1) is 29.9. The topological polar surface area (TPSA) is 176 Å². The smallest absolute Gasteiger partial charge is 0.450 e. The molecule has 2 amide bonds. The van der Waals surface area contributed by atoms with E-state index in [2.05, 4.69) is 10.6 Å². The average Bonchev–Trinajstić information content (AvgIpc) is 2.79. The monoisotopic (exact) mass is 521 g/mol. The van der Waals surface area contributed by atoms with Gasteiger partial charge in [0.2, 0.25) is 17.6 Å². The third-order valence-corrected chi connectivity index (χ3v) is 6.35. The zero-order valence-corrected chi connectivity index (χ0v) is 19.4. The number of thioether (sulfide) groups is 1. The number of alkyl halides is 3. The number of carboxylic acids is 2. The van der Waals surface area contributed by atoms with Crippen molar-refractivity contribution in [2.24, 2.45) is 11.7 Å². The Hall–Kier alpha value is -3.13. The van der Waals surface area contributed by atoms with Crippen LogP contribution in [0, 0.1) is 5.92 Å². The molecule has 0 aliphatic rings. The van der Waals surface area contributed by atoms with Crippen molar-refractivity contribution in [2.45, 2.75) is 43.3 Å². The molecular formula is C21H26F3N3O7S. The van der Waals surface area contributed by atoms with E-state index in [9.17, 15) is 37.1 Å². The summed E-state index contributed by atoms with van der Waals surface area (Å²) < 4.78 is 39.2. The van der Waals surface area contributed by atoms with Gasteiger partial charge in [-0.05, 0) is 12.0 Å². The lowest BCUT2D eigenvalue weighted by molar-refractivity contribution is -0.175. The third-order valence-electron chi connectivity index (χ3n) is 4.78. The molecule has 0 aromatic heterocycles. The predicted molar refractivity (Wildman–Crippen MR) is 119 cm³/mol. The molecule has 0 saturated heterocycles. The van der Waals surface area contributed by atoms with E-state index in [1.54, 1.807) is 18.2 Å². The fourth-order valence-electron chi connectivity index (χ4n) is 2.91. The number of rotatable bonds is 14. The molecule has 14 heteroatoms. The van der Waals surface area contributed by atoms with E-state index in [1.165, 1.54) is 12.1 Å². The summed E-state index contributed by atoms with van der Waals surface area (Å²) >= 11 is 0.807. The minimum atomic E-state index is -5.08. The fourth-order valence-corrected chi connectivity index (χ4v) is 4.31. The van der Waals surface area contributed by atoms with Gasteiger partial charge in [-0.1, -0.05) is 37.3 Å². The molecule has 0 radical (unpaired) electrons. The minimum Gasteiger partial charge on any atom is -0.480 e. The van der Waals surface area contributed by atoms with Crippen LogP contribution in [-0.4, -0.2) is 70.3 Å². The first-order valence-corrected chi connectivity index (χ1v) is 11.3. The molecule has 194 valence electrons. The molecule has 0 spiro atoms. The maximum atomic E-state index is 13.1. The lowest BCUT2D eigenvalue weighted by Gasteiger charge is -2.26. The van der Waals surface area contributed by atoms with Crippen LogP contribution in [0.4, 0.5) is 13.2 Å². The Bertz CT molecular complexity index is 915. The van der Waals surface area contributed by atoms with Crippen molar-refractivity contribution >= 4 is 41.3 Å². The Morgan fingerprint density at radius 2 is 1.69 bits per heavy atom. The molecule has 0 aliphatic carbocycles. The summed E-state index contributed by atoms with van der Waals surface area (Å²) in [6.07, 6.45) is -5.70. The summed E-state index contributed by atoms with van der Waals surface area (Å²) in [6.45, 7) is 0.330. The highest BCUT2D eigenvalue weighted by Crippen LogP contribution is 2.39. The standard InChI is InChI=1S/C21H26F3N3O7S/c1-11(18(31)21(22,23)24)17(12-5-3-2-4-6-12)35-10-14(19(32)26-9-16(29)30)27-15(28)8-7-13(25)20(33)34/h2-6,11,13-14,17H,7-10,25H2,1H3,(H,26,32)(H,27,28)(H,29,30)(H,33,34)/t11?,13-,14+,17?/m1/s1. The van der Waals surface area contributed by atoms with E-state index in [-0.39, 0.29) is 18.6 Å². The quantitative estimate of drug-likeness (QED) is 0.240. The molecule has 1 aromatic rings. The van der Waals surface area contributed by atoms with E-state index in [0.717, 1.165) is 18.7 Å². The maximum Gasteiger partial charge on any atom is 0.450 e. The molecule has 0 fully saturated rings. The van der Waals surface area contributed by atoms with E-state index in [4.69, 9.17) is 15.9 Å². The van der Waals surface area contributed by atoms with Crippen LogP contribution >= 0.6 is 11.8 Å². The first-order chi connectivity index (χ1) is 16.2. The molecule has 0 heterocycles. The number of carboxylic acid groups (broad SMARTS) is 2. The van der Waals surface area contributed by atoms with Gasteiger partial charge >= 0.3 is 18.1 Å². The number of halogens is 3. The highest BCUT2D eigenvalue weighted by molar-refractivity contribution is 7.99. The van der Waals surface area contributed by atoms with Gasteiger partial charge in [-0.25, -0.2) is 0 Å². The molecule has 2 unspecified atom stereocenters. The summed E-state index contributed by atoms with van der Waals surface area (Å²) in [4.78, 5) is 58.2. The predicted octanol–water partition coefficient (Wildman–Crippen LogP) is 1.11. The van der Waals surface area contributed by atoms with Gasteiger partial charge in [0.15, 0.2) is 0 Å². The molecular weight excluding hydrogens is 495 g/mol. The SMILES string of the molecule is CC(C(=O)C(F)(F)F)C(SC[C@H](NC(=O)CC[C@@H](N)C(=O)O)C(=O)NCC(=O)O)c1ccccc1. The van der Waals surface area contributed by atoms with Gasteiger partial charge in [-0.15, -0.1) is 0 Å². The zero-order chi connectivity index (χ0) is 26.8. The summed E-state index contributed by atoms with van der Waals surface area (Å²) in [6, 6.07) is 5.09. The van der Waals surface area contributed by atoms with Crippen molar-refractivity contribution in [3.63, 3.8) is 0 Å². The van der Waals surface area contributed by atoms with Crippen LogP contribution in [0.25, 0.3) is 0 Å². The number of hydrogen-bond acceptors (Lipinski definition) is 7. The van der Waals surface area contributed by atoms with Gasteiger partial charge in [0, 0.05) is 23.3 Å². The number of nitrogens with one attached hydrogen (secondary N) is 2. The molecule has 4 atom stereocenters. The molecule has 0 saturated carbocycles. The Kier molecular flexibility index (Phi) is 11.7. The van der Waals surface area contributed by atoms with Gasteiger partial charge < -0.3 is 26.6 Å². The van der Waals surface area contributed by atoms with Gasteiger partial charge in [-0.2, -0.15) is 24.9 Å². The molecule has 0 aliphatic heterocycles. The zero-order valence-electron chi connectivity index (χ0n) is 18.6. The number of Topliss-reactive ketones (excluding diaryl/α,β-unsaturated/α-hetero) is 1. The molecule has 1 aromatic carbocycles. The van der Waals surface area contributed by atoms with Crippen LogP contribution in [0.2, 0.25) is 0 Å². The van der Waals surface area contributed by atoms with Crippen LogP contribution in [0.1, 0.15) is 30.6 Å². The van der Waals surface area contributed by atoms with E-state index in [1.807, 2.05) is 0 Å². The molecule has 6 N–H and O–H groups in total. The second-order valence-corrected chi connectivity index (χ2v) is 8.70. The van der Waals surface area contributed by atoms with Crippen molar-refractivity contribution in [2.75, 3.05) is 12.3 Å². The van der Waals surface area contributed by atoms with Gasteiger partial charge in [-0.3, -0.25) is 24.0 Å². The highest BCUT2D eigenvalue weighted by atomic mass is 32.2. The van der Waals surface area contributed by atoms with Gasteiger partial charge in [0.25, 0.3) is 0 Å². The van der Waals surface area contributed by atoms with Gasteiger partial charge in [0.1, 0.15) is 18.6 Å². The van der Waals surface area contributed by atoms with E-state index in [0.29, 0.717) is 5.56 Å². The number of benzene rings is 1. The number of aliphatic carboxylic acids is 2. The number of nitrogens with two attached hydrogens (primary N) is 1. The summed E-state index contributed by atoms with van der Waals surface area (Å²) in [5.41, 5.74) is 5.72. The first-order valence-electron chi connectivity index (χ1n) is 10.3. The Morgan fingerprint density at radius 3 is 2.20 bits per heavy atom. The Morgan fingerprint density at radius 1 is 1.09 bits per heavy atom. The van der Waals surface area contributed by atoms with Crippen molar-refractivity contribution in [3.8, 4) is 0 Å². The van der Waals surface area contributed by atoms with Crippen molar-refractivity contribution < 1.29 is 47.4 Å². The number of carbonyl (C=O) groups is 5. The van der Waals surface area contributed by atoms with Crippen molar-refractivity contribution in [1.82, 2.24) is 10.6 Å². The van der Waals surface area contributed by atoms with Crippen LogP contribution in [0.15, 0.2) is 30.3 Å². The molecule has 0 bridgehead atoms. The van der Waals surface area contributed by atoms with Crippen molar-refractivity contribution in [1.29, 1.82) is 0 Å². The second kappa shape index (κ2) is 13.7. The van der Waals surface area contributed by atoms with E-state index < -0.39 is 65.5 Å². The molecule has 1 rings (SSSR count). The summed E-state index contributed by atoms with van der Waals surface area (Å²) in [7, 11) is 0. The molecule has 35 heavy (non-hydrogen) atoms. The number of carbonyl (C=O) groups excluding carboxylic acids is 3. The average molecular weight is 522 g/mol. The van der Waals surface area contributed by atoms with Crippen LogP contribution in [0.3, 0.4) is 0 Å². The van der Waals surface area contributed by atoms with Crippen molar-refractivity contribution in [3.05, 3.63) is 35.9 Å². The highest BCUT2D eigenvalue weighted by Gasteiger charge is 2.44. The van der Waals surface area contributed by atoms with E-state index >= 15 is 0 Å². The Labute approximate surface area is 202 Å². The largest absolute Gasteiger partial charge is 0.480 e. The molecule has 10 nitrogen and oxygen atoms in total. The second-order valence-electron chi connectivity index (χ2n) is 7.53. The third kappa shape index (κ3) is 10.3. The number of hydrogen-bond donors (Lipinski definition) is 5. The lowest BCUT2D eigenvalue weighted by atomic mass is 9.96. The van der Waals surface area contributed by atoms with Crippen LogP contribution in [0.5, 0.6) is 0 Å². The normalized spacial score (nSPS) is 14.8. The number of amides is 2. The summed E-state index contributed by atoms with van der Waals surface area (Å²) in [5, 5.41) is 20.9. The van der Waals surface area contributed by atoms with Crippen LogP contribution in [-0.2, 0) is 24.0 Å². The summed E-state index contributed by atoms with van der Waals surface area (Å²) in [5.74, 6) is -8.19.